The molecule has 120 valence electrons. The van der Waals surface area contributed by atoms with E-state index in [9.17, 15) is 14.3 Å². The van der Waals surface area contributed by atoms with Gasteiger partial charge in [0.25, 0.3) is 0 Å². The van der Waals surface area contributed by atoms with Gasteiger partial charge in [0.15, 0.2) is 5.78 Å². The predicted octanol–water partition coefficient (Wildman–Crippen LogP) is 3.27. The fourth-order valence-electron chi connectivity index (χ4n) is 3.04. The zero-order valence-corrected chi connectivity index (χ0v) is 12.9. The van der Waals surface area contributed by atoms with Crippen LogP contribution in [0, 0.1) is 11.7 Å². The molecule has 0 spiro atoms. The first-order chi connectivity index (χ1) is 11.2. The molecule has 0 amide bonds. The summed E-state index contributed by atoms with van der Waals surface area (Å²) in [5, 5.41) is 9.32. The van der Waals surface area contributed by atoms with Gasteiger partial charge >= 0.3 is 0 Å². The van der Waals surface area contributed by atoms with E-state index in [1.165, 1.54) is 24.3 Å². The van der Waals surface area contributed by atoms with Gasteiger partial charge in [0.1, 0.15) is 5.82 Å². The van der Waals surface area contributed by atoms with E-state index < -0.39 is 0 Å². The summed E-state index contributed by atoms with van der Waals surface area (Å²) in [7, 11) is 0. The molecule has 1 fully saturated rings. The van der Waals surface area contributed by atoms with E-state index in [-0.39, 0.29) is 18.2 Å². The van der Waals surface area contributed by atoms with E-state index in [1.54, 1.807) is 0 Å². The van der Waals surface area contributed by atoms with Gasteiger partial charge in [0.2, 0.25) is 0 Å². The first-order valence-electron chi connectivity index (χ1n) is 7.93. The van der Waals surface area contributed by atoms with E-state index in [0.29, 0.717) is 17.0 Å². The van der Waals surface area contributed by atoms with E-state index in [2.05, 4.69) is 4.90 Å². The van der Waals surface area contributed by atoms with Crippen molar-refractivity contribution in [2.24, 2.45) is 5.92 Å². The fraction of sp³-hybridized carbons (Fsp3) is 0.316. The fourth-order valence-corrected chi connectivity index (χ4v) is 3.04. The van der Waals surface area contributed by atoms with Crippen LogP contribution < -0.4 is 4.90 Å². The minimum absolute atomic E-state index is 0.108. The first kappa shape index (κ1) is 15.7. The topological polar surface area (TPSA) is 40.5 Å². The second kappa shape index (κ2) is 6.92. The predicted molar refractivity (Wildman–Crippen MR) is 88.3 cm³/mol. The molecule has 1 saturated heterocycles. The Morgan fingerprint density at radius 1 is 1.09 bits per heavy atom. The standard InChI is InChI=1S/C19H20FNO2/c20-17-7-3-15(4-8-17)19(23)16-5-9-18(10-6-16)21-11-1-2-14(12-21)13-22/h3-10,14,22H,1-2,11-13H2. The Kier molecular flexibility index (Phi) is 4.72. The molecular weight excluding hydrogens is 293 g/mol. The average molecular weight is 313 g/mol. The number of aliphatic hydroxyl groups is 1. The molecule has 1 unspecified atom stereocenters. The summed E-state index contributed by atoms with van der Waals surface area (Å²) in [5.41, 5.74) is 2.15. The second-order valence-corrected chi connectivity index (χ2v) is 6.02. The van der Waals surface area contributed by atoms with Crippen LogP contribution in [0.2, 0.25) is 0 Å². The number of aliphatic hydroxyl groups excluding tert-OH is 1. The van der Waals surface area contributed by atoms with Crippen LogP contribution >= 0.6 is 0 Å². The molecule has 23 heavy (non-hydrogen) atoms. The number of halogens is 1. The van der Waals surface area contributed by atoms with Gasteiger partial charge in [-0.1, -0.05) is 0 Å². The maximum absolute atomic E-state index is 12.9. The number of rotatable bonds is 4. The minimum atomic E-state index is -0.347. The molecule has 1 aliphatic rings. The van der Waals surface area contributed by atoms with Gasteiger partial charge in [-0.3, -0.25) is 4.79 Å². The lowest BCUT2D eigenvalue weighted by molar-refractivity contribution is 0.103. The van der Waals surface area contributed by atoms with Gasteiger partial charge in [0, 0.05) is 36.5 Å². The van der Waals surface area contributed by atoms with Crippen molar-refractivity contribution in [1.82, 2.24) is 0 Å². The monoisotopic (exact) mass is 313 g/mol. The van der Waals surface area contributed by atoms with Gasteiger partial charge in [-0.25, -0.2) is 4.39 Å². The van der Waals surface area contributed by atoms with Gasteiger partial charge < -0.3 is 10.0 Å². The van der Waals surface area contributed by atoms with E-state index in [0.717, 1.165) is 31.6 Å². The summed E-state index contributed by atoms with van der Waals surface area (Å²) in [6, 6.07) is 13.1. The van der Waals surface area contributed by atoms with Gasteiger partial charge in [-0.2, -0.15) is 0 Å². The van der Waals surface area contributed by atoms with Crippen LogP contribution in [0.1, 0.15) is 28.8 Å². The largest absolute Gasteiger partial charge is 0.396 e. The maximum atomic E-state index is 12.9. The highest BCUT2D eigenvalue weighted by Gasteiger charge is 2.19. The van der Waals surface area contributed by atoms with Crippen molar-refractivity contribution in [2.45, 2.75) is 12.8 Å². The van der Waals surface area contributed by atoms with Crippen LogP contribution in [0.3, 0.4) is 0 Å². The third kappa shape index (κ3) is 3.59. The molecule has 1 heterocycles. The number of ketones is 1. The van der Waals surface area contributed by atoms with Gasteiger partial charge in [-0.05, 0) is 67.3 Å². The molecule has 1 atom stereocenters. The quantitative estimate of drug-likeness (QED) is 0.881. The first-order valence-corrected chi connectivity index (χ1v) is 7.93. The Morgan fingerprint density at radius 3 is 2.30 bits per heavy atom. The summed E-state index contributed by atoms with van der Waals surface area (Å²) in [6.45, 7) is 2.04. The number of nitrogens with zero attached hydrogens (tertiary/aromatic N) is 1. The molecule has 1 N–H and O–H groups in total. The Bertz CT molecular complexity index is 667. The minimum Gasteiger partial charge on any atom is -0.396 e. The summed E-state index contributed by atoms with van der Waals surface area (Å²) in [6.07, 6.45) is 2.13. The zero-order valence-electron chi connectivity index (χ0n) is 12.9. The van der Waals surface area contributed by atoms with Crippen molar-refractivity contribution >= 4 is 11.5 Å². The van der Waals surface area contributed by atoms with Crippen molar-refractivity contribution in [3.63, 3.8) is 0 Å². The van der Waals surface area contributed by atoms with Crippen LogP contribution in [0.15, 0.2) is 48.5 Å². The average Bonchev–Trinajstić information content (AvgIpc) is 2.62. The molecule has 0 radical (unpaired) electrons. The van der Waals surface area contributed by atoms with Crippen LogP contribution in [-0.2, 0) is 0 Å². The SMILES string of the molecule is O=C(c1ccc(F)cc1)c1ccc(N2CCCC(CO)C2)cc1. The van der Waals surface area contributed by atoms with Crippen LogP contribution in [0.5, 0.6) is 0 Å². The molecule has 1 aliphatic heterocycles. The Hall–Kier alpha value is -2.20. The molecule has 2 aromatic rings. The molecule has 0 saturated carbocycles. The van der Waals surface area contributed by atoms with E-state index in [4.69, 9.17) is 0 Å². The number of anilines is 1. The number of carbonyl (C=O) groups excluding carboxylic acids is 1. The highest BCUT2D eigenvalue weighted by atomic mass is 19.1. The number of hydrogen-bond acceptors (Lipinski definition) is 3. The smallest absolute Gasteiger partial charge is 0.193 e. The lowest BCUT2D eigenvalue weighted by Crippen LogP contribution is -2.36. The van der Waals surface area contributed by atoms with Crippen molar-refractivity contribution < 1.29 is 14.3 Å². The van der Waals surface area contributed by atoms with Crippen LogP contribution in [-0.4, -0.2) is 30.6 Å². The van der Waals surface area contributed by atoms with Crippen molar-refractivity contribution in [3.05, 3.63) is 65.5 Å². The molecule has 0 bridgehead atoms. The van der Waals surface area contributed by atoms with Crippen LogP contribution in [0.4, 0.5) is 10.1 Å². The summed E-state index contributed by atoms with van der Waals surface area (Å²) >= 11 is 0. The number of hydrogen-bond donors (Lipinski definition) is 1. The van der Waals surface area contributed by atoms with Crippen molar-refractivity contribution in [3.8, 4) is 0 Å². The van der Waals surface area contributed by atoms with E-state index in [1.807, 2.05) is 24.3 Å². The third-order valence-electron chi connectivity index (χ3n) is 4.38. The highest BCUT2D eigenvalue weighted by molar-refractivity contribution is 6.09. The van der Waals surface area contributed by atoms with Crippen LogP contribution in [0.25, 0.3) is 0 Å². The molecule has 0 aromatic heterocycles. The lowest BCUT2D eigenvalue weighted by Gasteiger charge is -2.33. The van der Waals surface area contributed by atoms with Gasteiger partial charge in [-0.15, -0.1) is 0 Å². The molecule has 0 aliphatic carbocycles. The van der Waals surface area contributed by atoms with Gasteiger partial charge in [0.05, 0.1) is 0 Å². The Balaban J connectivity index is 1.74. The van der Waals surface area contributed by atoms with Crippen molar-refractivity contribution in [2.75, 3.05) is 24.6 Å². The lowest BCUT2D eigenvalue weighted by atomic mass is 9.98. The molecule has 4 heteroatoms. The third-order valence-corrected chi connectivity index (χ3v) is 4.38. The molecular formula is C19H20FNO2. The summed E-state index contributed by atoms with van der Waals surface area (Å²) in [5.74, 6) is -0.131. The highest BCUT2D eigenvalue weighted by Crippen LogP contribution is 2.24. The number of benzene rings is 2. The zero-order chi connectivity index (χ0) is 16.2. The summed E-state index contributed by atoms with van der Waals surface area (Å²) < 4.78 is 12.9. The Labute approximate surface area is 135 Å². The van der Waals surface area contributed by atoms with E-state index >= 15 is 0 Å². The normalized spacial score (nSPS) is 18.0. The number of piperidine rings is 1. The maximum Gasteiger partial charge on any atom is 0.193 e. The second-order valence-electron chi connectivity index (χ2n) is 6.02. The number of carbonyl (C=O) groups is 1. The van der Waals surface area contributed by atoms with Crippen molar-refractivity contribution in [1.29, 1.82) is 0 Å². The Morgan fingerprint density at radius 2 is 1.70 bits per heavy atom. The molecule has 3 nitrogen and oxygen atoms in total. The summed E-state index contributed by atoms with van der Waals surface area (Å²) in [4.78, 5) is 14.6. The molecule has 2 aromatic carbocycles. The molecule has 3 rings (SSSR count).